The van der Waals surface area contributed by atoms with Crippen molar-refractivity contribution in [1.29, 1.82) is 0 Å². The molecule has 0 aliphatic rings. The zero-order valence-electron chi connectivity index (χ0n) is 10.2. The van der Waals surface area contributed by atoms with Crippen LogP contribution in [0.5, 0.6) is 5.75 Å². The van der Waals surface area contributed by atoms with Gasteiger partial charge in [-0.25, -0.2) is 9.97 Å². The molecule has 1 aromatic carbocycles. The van der Waals surface area contributed by atoms with Crippen molar-refractivity contribution in [2.45, 2.75) is 5.16 Å². The van der Waals surface area contributed by atoms with Crippen molar-refractivity contribution in [3.05, 3.63) is 30.3 Å². The number of benzene rings is 1. The second-order valence-electron chi connectivity index (χ2n) is 3.52. The minimum Gasteiger partial charge on any atom is -0.497 e. The molecule has 3 N–H and O–H groups in total. The summed E-state index contributed by atoms with van der Waals surface area (Å²) in [5.41, 5.74) is 6.63. The third-order valence-corrected chi connectivity index (χ3v) is 2.82. The summed E-state index contributed by atoms with van der Waals surface area (Å²) in [4.78, 5) is 8.41. The highest BCUT2D eigenvalue weighted by Crippen LogP contribution is 2.21. The third kappa shape index (κ3) is 3.04. The first-order valence-corrected chi connectivity index (χ1v) is 6.53. The highest BCUT2D eigenvalue weighted by atomic mass is 32.2. The predicted octanol–water partition coefficient (Wildman–Crippen LogP) is 2.53. The topological polar surface area (TPSA) is 73.1 Å². The molecule has 0 unspecified atom stereocenters. The van der Waals surface area contributed by atoms with Gasteiger partial charge in [-0.1, -0.05) is 11.8 Å². The van der Waals surface area contributed by atoms with Gasteiger partial charge in [0, 0.05) is 11.8 Å². The molecular weight excluding hydrogens is 248 g/mol. The maximum Gasteiger partial charge on any atom is 0.191 e. The second kappa shape index (κ2) is 5.59. The molecule has 2 aromatic rings. The number of nitrogens with two attached hydrogens (primary N) is 1. The highest BCUT2D eigenvalue weighted by molar-refractivity contribution is 7.98. The van der Waals surface area contributed by atoms with Crippen LogP contribution in [0.1, 0.15) is 0 Å². The Morgan fingerprint density at radius 2 is 1.94 bits per heavy atom. The maximum atomic E-state index is 5.71. The number of hydrogen-bond donors (Lipinski definition) is 2. The Labute approximate surface area is 110 Å². The van der Waals surface area contributed by atoms with Gasteiger partial charge in [-0.05, 0) is 30.5 Å². The summed E-state index contributed by atoms with van der Waals surface area (Å²) >= 11 is 1.45. The van der Waals surface area contributed by atoms with Crippen LogP contribution in [0.3, 0.4) is 0 Å². The van der Waals surface area contributed by atoms with Crippen molar-refractivity contribution in [2.75, 3.05) is 24.4 Å². The molecule has 0 amide bonds. The molecule has 94 valence electrons. The van der Waals surface area contributed by atoms with E-state index in [1.54, 1.807) is 13.2 Å². The number of hydrogen-bond acceptors (Lipinski definition) is 6. The lowest BCUT2D eigenvalue weighted by Gasteiger charge is -2.08. The lowest BCUT2D eigenvalue weighted by atomic mass is 10.3. The summed E-state index contributed by atoms with van der Waals surface area (Å²) in [5.74, 6) is 1.94. The third-order valence-electron chi connectivity index (χ3n) is 2.27. The van der Waals surface area contributed by atoms with E-state index in [0.717, 1.165) is 11.4 Å². The Kier molecular flexibility index (Phi) is 3.88. The first-order chi connectivity index (χ1) is 8.71. The molecule has 0 saturated carbocycles. The van der Waals surface area contributed by atoms with E-state index in [9.17, 15) is 0 Å². The van der Waals surface area contributed by atoms with E-state index in [-0.39, 0.29) is 0 Å². The molecule has 0 aliphatic carbocycles. The smallest absolute Gasteiger partial charge is 0.191 e. The number of methoxy groups -OCH3 is 1. The molecule has 0 radical (unpaired) electrons. The zero-order valence-corrected chi connectivity index (χ0v) is 11.0. The molecule has 0 atom stereocenters. The van der Waals surface area contributed by atoms with Gasteiger partial charge in [0.2, 0.25) is 0 Å². The first kappa shape index (κ1) is 12.5. The Balaban J connectivity index is 2.19. The lowest BCUT2D eigenvalue weighted by molar-refractivity contribution is 0.415. The van der Waals surface area contributed by atoms with Gasteiger partial charge in [-0.3, -0.25) is 0 Å². The lowest BCUT2D eigenvalue weighted by Crippen LogP contribution is -2.00. The van der Waals surface area contributed by atoms with Gasteiger partial charge in [-0.2, -0.15) is 0 Å². The summed E-state index contributed by atoms with van der Waals surface area (Å²) in [6, 6.07) is 9.28. The number of nitrogens with zero attached hydrogens (tertiary/aromatic N) is 2. The van der Waals surface area contributed by atoms with E-state index in [2.05, 4.69) is 15.3 Å². The first-order valence-electron chi connectivity index (χ1n) is 5.31. The van der Waals surface area contributed by atoms with Crippen LogP contribution in [0.25, 0.3) is 0 Å². The number of nitrogens with one attached hydrogen (secondary N) is 1. The fourth-order valence-electron chi connectivity index (χ4n) is 1.42. The fourth-order valence-corrected chi connectivity index (χ4v) is 1.81. The van der Waals surface area contributed by atoms with Gasteiger partial charge in [0.25, 0.3) is 0 Å². The van der Waals surface area contributed by atoms with E-state index in [0.29, 0.717) is 16.8 Å². The van der Waals surface area contributed by atoms with E-state index in [4.69, 9.17) is 10.5 Å². The summed E-state index contributed by atoms with van der Waals surface area (Å²) in [6.45, 7) is 0. The predicted molar refractivity (Wildman–Crippen MR) is 74.5 cm³/mol. The molecule has 1 heterocycles. The van der Waals surface area contributed by atoms with Gasteiger partial charge in [0.05, 0.1) is 7.11 Å². The molecule has 0 saturated heterocycles. The Morgan fingerprint density at radius 3 is 2.56 bits per heavy atom. The molecule has 18 heavy (non-hydrogen) atoms. The normalized spacial score (nSPS) is 10.1. The standard InChI is InChI=1S/C12H14N4OS/c1-17-9-5-3-8(4-6-9)14-11-7-10(13)15-12(16-11)18-2/h3-7H,1-2H3,(H3,13,14,15,16). The van der Waals surface area contributed by atoms with E-state index >= 15 is 0 Å². The van der Waals surface area contributed by atoms with E-state index in [1.807, 2.05) is 30.5 Å². The molecule has 5 nitrogen and oxygen atoms in total. The van der Waals surface area contributed by atoms with Crippen molar-refractivity contribution in [1.82, 2.24) is 9.97 Å². The second-order valence-corrected chi connectivity index (χ2v) is 4.29. The Bertz CT molecular complexity index is 530. The fraction of sp³-hybridized carbons (Fsp3) is 0.167. The maximum absolute atomic E-state index is 5.71. The van der Waals surface area contributed by atoms with Crippen molar-refractivity contribution in [2.24, 2.45) is 0 Å². The van der Waals surface area contributed by atoms with Crippen LogP contribution in [-0.2, 0) is 0 Å². The SMILES string of the molecule is COc1ccc(Nc2cc(N)nc(SC)n2)cc1. The van der Waals surface area contributed by atoms with Gasteiger partial charge in [0.1, 0.15) is 17.4 Å². The van der Waals surface area contributed by atoms with Crippen molar-refractivity contribution in [3.63, 3.8) is 0 Å². The Hall–Kier alpha value is -1.95. The molecule has 0 aliphatic heterocycles. The minimum absolute atomic E-state index is 0.449. The van der Waals surface area contributed by atoms with Crippen LogP contribution in [0.2, 0.25) is 0 Å². The quantitative estimate of drug-likeness (QED) is 0.651. The average molecular weight is 262 g/mol. The van der Waals surface area contributed by atoms with E-state index < -0.39 is 0 Å². The largest absolute Gasteiger partial charge is 0.497 e. The number of anilines is 3. The average Bonchev–Trinajstić information content (AvgIpc) is 2.39. The minimum atomic E-state index is 0.449. The summed E-state index contributed by atoms with van der Waals surface area (Å²) < 4.78 is 5.10. The molecule has 0 fully saturated rings. The summed E-state index contributed by atoms with van der Waals surface area (Å²) in [7, 11) is 1.64. The summed E-state index contributed by atoms with van der Waals surface area (Å²) in [5, 5.41) is 3.82. The monoisotopic (exact) mass is 262 g/mol. The van der Waals surface area contributed by atoms with Crippen LogP contribution >= 0.6 is 11.8 Å². The molecule has 2 rings (SSSR count). The summed E-state index contributed by atoms with van der Waals surface area (Å²) in [6.07, 6.45) is 1.91. The van der Waals surface area contributed by atoms with Crippen molar-refractivity contribution >= 4 is 29.1 Å². The van der Waals surface area contributed by atoms with Crippen LogP contribution in [0, 0.1) is 0 Å². The van der Waals surface area contributed by atoms with Crippen LogP contribution in [-0.4, -0.2) is 23.3 Å². The van der Waals surface area contributed by atoms with Crippen LogP contribution in [0.15, 0.2) is 35.5 Å². The number of aromatic nitrogens is 2. The Morgan fingerprint density at radius 1 is 1.22 bits per heavy atom. The molecule has 6 heteroatoms. The molecule has 1 aromatic heterocycles. The number of rotatable bonds is 4. The molecule has 0 spiro atoms. The van der Waals surface area contributed by atoms with Gasteiger partial charge < -0.3 is 15.8 Å². The van der Waals surface area contributed by atoms with Crippen LogP contribution in [0.4, 0.5) is 17.3 Å². The van der Waals surface area contributed by atoms with E-state index in [1.165, 1.54) is 11.8 Å². The number of ether oxygens (including phenoxy) is 1. The van der Waals surface area contributed by atoms with Crippen molar-refractivity contribution in [3.8, 4) is 5.75 Å². The number of thioether (sulfide) groups is 1. The zero-order chi connectivity index (χ0) is 13.0. The van der Waals surface area contributed by atoms with Gasteiger partial charge in [0.15, 0.2) is 5.16 Å². The van der Waals surface area contributed by atoms with Crippen LogP contribution < -0.4 is 15.8 Å². The molecule has 0 bridgehead atoms. The molecular formula is C12H14N4OS. The highest BCUT2D eigenvalue weighted by Gasteiger charge is 2.02. The van der Waals surface area contributed by atoms with Gasteiger partial charge in [-0.15, -0.1) is 0 Å². The van der Waals surface area contributed by atoms with Crippen molar-refractivity contribution < 1.29 is 4.74 Å². The number of nitrogen functional groups attached to an aromatic ring is 1. The van der Waals surface area contributed by atoms with Gasteiger partial charge >= 0.3 is 0 Å².